The summed E-state index contributed by atoms with van der Waals surface area (Å²) in [5, 5.41) is 4.70. The van der Waals surface area contributed by atoms with Crippen LogP contribution < -0.4 is 5.32 Å². The monoisotopic (exact) mass is 402 g/mol. The van der Waals surface area contributed by atoms with E-state index in [1.807, 2.05) is 17.5 Å². The van der Waals surface area contributed by atoms with Crippen molar-refractivity contribution in [1.82, 2.24) is 4.31 Å². The quantitative estimate of drug-likeness (QED) is 0.683. The number of furan rings is 1. The molecule has 0 unspecified atom stereocenters. The van der Waals surface area contributed by atoms with Crippen molar-refractivity contribution >= 4 is 33.0 Å². The first-order valence-electron chi connectivity index (χ1n) is 8.50. The predicted octanol–water partition coefficient (Wildman–Crippen LogP) is 3.62. The number of aryl methyl sites for hydroxylation is 1. The second kappa shape index (κ2) is 7.30. The van der Waals surface area contributed by atoms with Gasteiger partial charge in [-0.2, -0.15) is 4.31 Å². The molecular formula is C19H18N2O4S2. The third-order valence-corrected chi connectivity index (χ3v) is 7.08. The van der Waals surface area contributed by atoms with Crippen LogP contribution in [0.15, 0.2) is 63.4 Å². The fourth-order valence-corrected chi connectivity index (χ4v) is 5.28. The van der Waals surface area contributed by atoms with Crippen LogP contribution in [0.4, 0.5) is 5.69 Å². The average Bonchev–Trinajstić information content (AvgIpc) is 3.34. The van der Waals surface area contributed by atoms with Gasteiger partial charge in [0, 0.05) is 23.5 Å². The molecule has 27 heavy (non-hydrogen) atoms. The van der Waals surface area contributed by atoms with E-state index in [2.05, 4.69) is 5.32 Å². The number of carbonyl (C=O) groups is 1. The topological polar surface area (TPSA) is 79.6 Å². The molecule has 140 valence electrons. The number of anilines is 1. The molecule has 6 nitrogen and oxygen atoms in total. The lowest BCUT2D eigenvalue weighted by atomic mass is 10.0. The summed E-state index contributed by atoms with van der Waals surface area (Å²) in [6.07, 6.45) is 2.43. The summed E-state index contributed by atoms with van der Waals surface area (Å²) in [5.74, 6) is 0.538. The lowest BCUT2D eigenvalue weighted by molar-refractivity contribution is -0.116. The molecule has 0 saturated heterocycles. The fraction of sp³-hybridized carbons (Fsp3) is 0.211. The normalized spacial score (nSPS) is 14.2. The first-order valence-corrected chi connectivity index (χ1v) is 10.8. The molecule has 8 heteroatoms. The first kappa shape index (κ1) is 18.0. The Bertz CT molecular complexity index is 1010. The van der Waals surface area contributed by atoms with E-state index in [0.29, 0.717) is 24.3 Å². The number of nitrogens with one attached hydrogen (secondary N) is 1. The summed E-state index contributed by atoms with van der Waals surface area (Å²) in [4.78, 5) is 12.7. The molecule has 3 heterocycles. The highest BCUT2D eigenvalue weighted by molar-refractivity contribution is 7.89. The van der Waals surface area contributed by atoms with E-state index in [4.69, 9.17) is 4.42 Å². The zero-order valence-corrected chi connectivity index (χ0v) is 16.1. The van der Waals surface area contributed by atoms with Crippen LogP contribution in [0, 0.1) is 0 Å². The van der Waals surface area contributed by atoms with E-state index in [-0.39, 0.29) is 23.9 Å². The number of fused-ring (bicyclic) bond motifs is 1. The molecule has 2 aromatic heterocycles. The second-order valence-electron chi connectivity index (χ2n) is 6.30. The Hall–Kier alpha value is -2.42. The van der Waals surface area contributed by atoms with Crippen molar-refractivity contribution in [3.05, 3.63) is 70.3 Å². The number of benzene rings is 1. The molecule has 0 saturated carbocycles. The standard InChI is InChI=1S/C19H18N2O4S2/c22-19-8-5-14-11-17(6-7-18(14)20-19)27(23,24)21(12-15-3-1-9-25-15)13-16-4-2-10-26-16/h1-4,6-7,9-11H,5,8,12-13H2,(H,20,22). The van der Waals surface area contributed by atoms with E-state index in [1.54, 1.807) is 30.3 Å². The predicted molar refractivity (Wildman–Crippen MR) is 103 cm³/mol. The van der Waals surface area contributed by atoms with Gasteiger partial charge in [-0.1, -0.05) is 6.07 Å². The summed E-state index contributed by atoms with van der Waals surface area (Å²) in [5.41, 5.74) is 1.52. The van der Waals surface area contributed by atoms with Crippen molar-refractivity contribution in [2.75, 3.05) is 5.32 Å². The van der Waals surface area contributed by atoms with Gasteiger partial charge in [-0.05, 0) is 53.8 Å². The van der Waals surface area contributed by atoms with Gasteiger partial charge in [0.1, 0.15) is 5.76 Å². The number of hydrogen-bond donors (Lipinski definition) is 1. The minimum atomic E-state index is -3.73. The molecular weight excluding hydrogens is 384 g/mol. The lowest BCUT2D eigenvalue weighted by Crippen LogP contribution is -2.30. The van der Waals surface area contributed by atoms with Gasteiger partial charge in [-0.3, -0.25) is 4.79 Å². The average molecular weight is 402 g/mol. The smallest absolute Gasteiger partial charge is 0.243 e. The number of carbonyl (C=O) groups excluding carboxylic acids is 1. The van der Waals surface area contributed by atoms with Crippen molar-refractivity contribution < 1.29 is 17.6 Å². The van der Waals surface area contributed by atoms with E-state index in [1.165, 1.54) is 21.9 Å². The van der Waals surface area contributed by atoms with Gasteiger partial charge in [0.15, 0.2) is 0 Å². The molecule has 0 fully saturated rings. The molecule has 4 rings (SSSR count). The fourth-order valence-electron chi connectivity index (χ4n) is 3.05. The molecule has 0 aliphatic carbocycles. The molecule has 0 atom stereocenters. The highest BCUT2D eigenvalue weighted by Gasteiger charge is 2.27. The number of sulfonamides is 1. The number of thiophene rings is 1. The summed E-state index contributed by atoms with van der Waals surface area (Å²) >= 11 is 1.51. The Balaban J connectivity index is 1.68. The van der Waals surface area contributed by atoms with E-state index in [9.17, 15) is 13.2 Å². The number of nitrogens with zero attached hydrogens (tertiary/aromatic N) is 1. The van der Waals surface area contributed by atoms with Crippen molar-refractivity contribution in [3.8, 4) is 0 Å². The Labute approximate surface area is 161 Å². The molecule has 0 bridgehead atoms. The highest BCUT2D eigenvalue weighted by atomic mass is 32.2. The summed E-state index contributed by atoms with van der Waals surface area (Å²) in [6.45, 7) is 0.426. The summed E-state index contributed by atoms with van der Waals surface area (Å²) in [7, 11) is -3.73. The third-order valence-electron chi connectivity index (χ3n) is 4.43. The lowest BCUT2D eigenvalue weighted by Gasteiger charge is -2.23. The number of amides is 1. The molecule has 3 aromatic rings. The van der Waals surface area contributed by atoms with Gasteiger partial charge >= 0.3 is 0 Å². The van der Waals surface area contributed by atoms with Crippen LogP contribution in [0.3, 0.4) is 0 Å². The van der Waals surface area contributed by atoms with Gasteiger partial charge < -0.3 is 9.73 Å². The van der Waals surface area contributed by atoms with Crippen molar-refractivity contribution in [2.45, 2.75) is 30.8 Å². The molecule has 1 aliphatic rings. The highest BCUT2D eigenvalue weighted by Crippen LogP contribution is 2.29. The Morgan fingerprint density at radius 3 is 2.74 bits per heavy atom. The minimum Gasteiger partial charge on any atom is -0.468 e. The second-order valence-corrected chi connectivity index (χ2v) is 9.27. The van der Waals surface area contributed by atoms with E-state index >= 15 is 0 Å². The molecule has 1 aromatic carbocycles. The van der Waals surface area contributed by atoms with Gasteiger partial charge in [-0.25, -0.2) is 8.42 Å². The molecule has 1 amide bonds. The van der Waals surface area contributed by atoms with Gasteiger partial charge in [0.2, 0.25) is 15.9 Å². The van der Waals surface area contributed by atoms with E-state index < -0.39 is 10.0 Å². The SMILES string of the molecule is O=C1CCc2cc(S(=O)(=O)N(Cc3ccco3)Cc3cccs3)ccc2N1. The Morgan fingerprint density at radius 1 is 1.11 bits per heavy atom. The van der Waals surface area contributed by atoms with Crippen molar-refractivity contribution in [1.29, 1.82) is 0 Å². The van der Waals surface area contributed by atoms with E-state index in [0.717, 1.165) is 10.4 Å². The maximum atomic E-state index is 13.3. The van der Waals surface area contributed by atoms with Gasteiger partial charge in [-0.15, -0.1) is 11.3 Å². The molecule has 1 aliphatic heterocycles. The maximum absolute atomic E-state index is 13.3. The van der Waals surface area contributed by atoms with Crippen LogP contribution in [0.1, 0.15) is 22.6 Å². The van der Waals surface area contributed by atoms with Gasteiger partial charge in [0.05, 0.1) is 17.7 Å². The molecule has 0 spiro atoms. The zero-order valence-electron chi connectivity index (χ0n) is 14.4. The van der Waals surface area contributed by atoms with Crippen LogP contribution in [0.25, 0.3) is 0 Å². The largest absolute Gasteiger partial charge is 0.468 e. The number of rotatable bonds is 6. The molecule has 1 N–H and O–H groups in total. The number of hydrogen-bond acceptors (Lipinski definition) is 5. The summed E-state index contributed by atoms with van der Waals surface area (Å²) < 4.78 is 33.5. The van der Waals surface area contributed by atoms with Crippen LogP contribution in [-0.2, 0) is 34.3 Å². The zero-order chi connectivity index (χ0) is 18.9. The van der Waals surface area contributed by atoms with Crippen LogP contribution in [-0.4, -0.2) is 18.6 Å². The van der Waals surface area contributed by atoms with Crippen LogP contribution in [0.5, 0.6) is 0 Å². The van der Waals surface area contributed by atoms with Crippen LogP contribution >= 0.6 is 11.3 Å². The third kappa shape index (κ3) is 3.83. The Kier molecular flexibility index (Phi) is 4.86. The van der Waals surface area contributed by atoms with Crippen molar-refractivity contribution in [2.24, 2.45) is 0 Å². The van der Waals surface area contributed by atoms with Crippen molar-refractivity contribution in [3.63, 3.8) is 0 Å². The molecule has 0 radical (unpaired) electrons. The maximum Gasteiger partial charge on any atom is 0.243 e. The van der Waals surface area contributed by atoms with Gasteiger partial charge in [0.25, 0.3) is 0 Å². The minimum absolute atomic E-state index is 0.0461. The summed E-state index contributed by atoms with van der Waals surface area (Å²) in [6, 6.07) is 12.2. The van der Waals surface area contributed by atoms with Crippen LogP contribution in [0.2, 0.25) is 0 Å². The first-order chi connectivity index (χ1) is 13.0. The Morgan fingerprint density at radius 2 is 2.00 bits per heavy atom.